The van der Waals surface area contributed by atoms with Crippen molar-refractivity contribution in [3.05, 3.63) is 28.2 Å². The van der Waals surface area contributed by atoms with Crippen molar-refractivity contribution in [3.8, 4) is 0 Å². The van der Waals surface area contributed by atoms with E-state index in [-0.39, 0.29) is 16.8 Å². The minimum Gasteiger partial charge on any atom is -0.349 e. The molecule has 0 saturated heterocycles. The fourth-order valence-electron chi connectivity index (χ4n) is 2.60. The maximum atomic E-state index is 12.4. The number of rotatable bonds is 5. The SMILES string of the molecule is O=C(NC(C1CC1)C1CC1)c1cc(Br)cc(S(=O)(=O)Cl)c1. The molecule has 114 valence electrons. The number of carbonyl (C=O) groups excluding carboxylic acids is 1. The molecule has 0 atom stereocenters. The standard InChI is InChI=1S/C14H15BrClNO3S/c15-11-5-10(6-12(7-11)21(16,19)20)14(18)17-13(8-1-2-8)9-3-4-9/h5-9,13H,1-4H2,(H,17,18). The first kappa shape index (κ1) is 15.3. The molecule has 4 nitrogen and oxygen atoms in total. The third kappa shape index (κ3) is 3.79. The molecular weight excluding hydrogens is 378 g/mol. The number of amides is 1. The Bertz CT molecular complexity index is 671. The molecule has 3 rings (SSSR count). The first-order chi connectivity index (χ1) is 9.84. The normalized spacial score (nSPS) is 18.8. The summed E-state index contributed by atoms with van der Waals surface area (Å²) >= 11 is 3.22. The van der Waals surface area contributed by atoms with Gasteiger partial charge in [-0.15, -0.1) is 0 Å². The molecule has 0 unspecified atom stereocenters. The maximum Gasteiger partial charge on any atom is 0.261 e. The number of carbonyl (C=O) groups is 1. The van der Waals surface area contributed by atoms with Crippen LogP contribution in [0.3, 0.4) is 0 Å². The summed E-state index contributed by atoms with van der Waals surface area (Å²) in [5.41, 5.74) is 0.315. The molecule has 0 aliphatic heterocycles. The van der Waals surface area contributed by atoms with Crippen LogP contribution >= 0.6 is 26.6 Å². The third-order valence-electron chi connectivity index (χ3n) is 3.97. The summed E-state index contributed by atoms with van der Waals surface area (Å²) < 4.78 is 23.4. The summed E-state index contributed by atoms with van der Waals surface area (Å²) in [6.07, 6.45) is 4.67. The van der Waals surface area contributed by atoms with Gasteiger partial charge in [0, 0.05) is 26.8 Å². The van der Waals surface area contributed by atoms with E-state index in [4.69, 9.17) is 10.7 Å². The molecule has 1 N–H and O–H groups in total. The summed E-state index contributed by atoms with van der Waals surface area (Å²) in [5.74, 6) is 0.941. The van der Waals surface area contributed by atoms with E-state index in [0.717, 1.165) is 0 Å². The van der Waals surface area contributed by atoms with Crippen LogP contribution in [0.15, 0.2) is 27.6 Å². The lowest BCUT2D eigenvalue weighted by Gasteiger charge is -2.18. The Morgan fingerprint density at radius 1 is 1.19 bits per heavy atom. The summed E-state index contributed by atoms with van der Waals surface area (Å²) in [6.45, 7) is 0. The summed E-state index contributed by atoms with van der Waals surface area (Å²) in [4.78, 5) is 12.3. The largest absolute Gasteiger partial charge is 0.349 e. The van der Waals surface area contributed by atoms with E-state index in [2.05, 4.69) is 21.2 Å². The predicted molar refractivity (Wildman–Crippen MR) is 83.9 cm³/mol. The van der Waals surface area contributed by atoms with Crippen LogP contribution in [-0.4, -0.2) is 20.4 Å². The summed E-state index contributed by atoms with van der Waals surface area (Å²) in [7, 11) is 1.50. The van der Waals surface area contributed by atoms with Gasteiger partial charge in [0.05, 0.1) is 4.90 Å². The van der Waals surface area contributed by atoms with Gasteiger partial charge in [-0.05, 0) is 55.7 Å². The van der Waals surface area contributed by atoms with Crippen LogP contribution in [0.25, 0.3) is 0 Å². The van der Waals surface area contributed by atoms with Crippen molar-refractivity contribution in [1.29, 1.82) is 0 Å². The second-order valence-corrected chi connectivity index (χ2v) is 9.27. The highest BCUT2D eigenvalue weighted by Gasteiger charge is 2.42. The second-order valence-electron chi connectivity index (χ2n) is 5.79. The molecule has 0 heterocycles. The summed E-state index contributed by atoms with van der Waals surface area (Å²) in [6, 6.07) is 4.54. The first-order valence-electron chi connectivity index (χ1n) is 6.91. The molecule has 1 aromatic rings. The predicted octanol–water partition coefficient (Wildman–Crippen LogP) is 3.30. The van der Waals surface area contributed by atoms with E-state index in [1.54, 1.807) is 6.07 Å². The smallest absolute Gasteiger partial charge is 0.261 e. The zero-order valence-electron chi connectivity index (χ0n) is 11.2. The molecule has 7 heteroatoms. The highest BCUT2D eigenvalue weighted by atomic mass is 79.9. The van der Waals surface area contributed by atoms with Gasteiger partial charge in [-0.1, -0.05) is 15.9 Å². The van der Waals surface area contributed by atoms with E-state index in [1.165, 1.54) is 37.8 Å². The van der Waals surface area contributed by atoms with E-state index in [1.807, 2.05) is 0 Å². The molecule has 2 aliphatic carbocycles. The zero-order chi connectivity index (χ0) is 15.2. The molecule has 0 spiro atoms. The van der Waals surface area contributed by atoms with Gasteiger partial charge in [0.15, 0.2) is 0 Å². The van der Waals surface area contributed by atoms with Crippen molar-refractivity contribution in [3.63, 3.8) is 0 Å². The fourth-order valence-corrected chi connectivity index (χ4v) is 4.05. The molecule has 0 aromatic heterocycles. The Hall–Kier alpha value is -0.590. The van der Waals surface area contributed by atoms with Crippen LogP contribution in [0.1, 0.15) is 36.0 Å². The summed E-state index contributed by atoms with van der Waals surface area (Å²) in [5, 5.41) is 3.07. The average Bonchev–Trinajstić information content (AvgIpc) is 3.26. The van der Waals surface area contributed by atoms with Crippen LogP contribution in [0.4, 0.5) is 0 Å². The van der Waals surface area contributed by atoms with Gasteiger partial charge in [0.2, 0.25) is 0 Å². The van der Waals surface area contributed by atoms with Crippen LogP contribution in [0.2, 0.25) is 0 Å². The number of benzene rings is 1. The lowest BCUT2D eigenvalue weighted by atomic mass is 10.1. The van der Waals surface area contributed by atoms with Crippen LogP contribution < -0.4 is 5.32 Å². The Labute approximate surface area is 136 Å². The van der Waals surface area contributed by atoms with Crippen molar-refractivity contribution < 1.29 is 13.2 Å². The van der Waals surface area contributed by atoms with E-state index >= 15 is 0 Å². The fraction of sp³-hybridized carbons (Fsp3) is 0.500. The Morgan fingerprint density at radius 3 is 2.24 bits per heavy atom. The van der Waals surface area contributed by atoms with E-state index in [0.29, 0.717) is 21.9 Å². The minimum absolute atomic E-state index is 0.0712. The van der Waals surface area contributed by atoms with Crippen LogP contribution in [0, 0.1) is 11.8 Å². The molecule has 21 heavy (non-hydrogen) atoms. The lowest BCUT2D eigenvalue weighted by Crippen LogP contribution is -2.38. The molecule has 0 bridgehead atoms. The molecule has 1 amide bonds. The number of halogens is 2. The Kier molecular flexibility index (Phi) is 4.05. The Morgan fingerprint density at radius 2 is 1.76 bits per heavy atom. The van der Waals surface area contributed by atoms with Gasteiger partial charge in [0.25, 0.3) is 15.0 Å². The van der Waals surface area contributed by atoms with Gasteiger partial charge in [0.1, 0.15) is 0 Å². The maximum absolute atomic E-state index is 12.4. The van der Waals surface area contributed by atoms with Gasteiger partial charge in [-0.2, -0.15) is 0 Å². The molecular formula is C14H15BrClNO3S. The second kappa shape index (κ2) is 5.56. The van der Waals surface area contributed by atoms with Crippen molar-refractivity contribution in [2.24, 2.45) is 11.8 Å². The molecule has 0 radical (unpaired) electrons. The van der Waals surface area contributed by atoms with Crippen molar-refractivity contribution in [1.82, 2.24) is 5.32 Å². The van der Waals surface area contributed by atoms with Crippen LogP contribution in [-0.2, 0) is 9.05 Å². The topological polar surface area (TPSA) is 63.2 Å². The van der Waals surface area contributed by atoms with Gasteiger partial charge in [-0.25, -0.2) is 8.42 Å². The highest BCUT2D eigenvalue weighted by Crippen LogP contribution is 2.44. The van der Waals surface area contributed by atoms with E-state index in [9.17, 15) is 13.2 Å². The lowest BCUT2D eigenvalue weighted by molar-refractivity contribution is 0.0926. The molecule has 2 fully saturated rings. The van der Waals surface area contributed by atoms with E-state index < -0.39 is 9.05 Å². The van der Waals surface area contributed by atoms with Gasteiger partial charge >= 0.3 is 0 Å². The van der Waals surface area contributed by atoms with Gasteiger partial charge in [-0.3, -0.25) is 4.79 Å². The van der Waals surface area contributed by atoms with Crippen molar-refractivity contribution in [2.75, 3.05) is 0 Å². The number of hydrogen-bond donors (Lipinski definition) is 1. The van der Waals surface area contributed by atoms with Crippen LogP contribution in [0.5, 0.6) is 0 Å². The quantitative estimate of drug-likeness (QED) is 0.782. The average molecular weight is 393 g/mol. The number of nitrogens with one attached hydrogen (secondary N) is 1. The molecule has 1 aromatic carbocycles. The monoisotopic (exact) mass is 391 g/mol. The zero-order valence-corrected chi connectivity index (χ0v) is 14.3. The highest BCUT2D eigenvalue weighted by molar-refractivity contribution is 9.10. The van der Waals surface area contributed by atoms with Crippen molar-refractivity contribution in [2.45, 2.75) is 36.6 Å². The van der Waals surface area contributed by atoms with Crippen molar-refractivity contribution >= 4 is 41.6 Å². The molecule has 2 saturated carbocycles. The number of hydrogen-bond acceptors (Lipinski definition) is 3. The Balaban J connectivity index is 1.82. The van der Waals surface area contributed by atoms with Gasteiger partial charge < -0.3 is 5.32 Å². The third-order valence-corrected chi connectivity index (χ3v) is 5.76. The molecule has 2 aliphatic rings. The first-order valence-corrected chi connectivity index (χ1v) is 10.0. The minimum atomic E-state index is -3.86.